The summed E-state index contributed by atoms with van der Waals surface area (Å²) >= 11 is 0. The number of methoxy groups -OCH3 is 1. The Bertz CT molecular complexity index is 472. The van der Waals surface area contributed by atoms with Crippen molar-refractivity contribution in [2.45, 2.75) is 17.4 Å². The molecular formula is C10H16ClN3O3S. The third kappa shape index (κ3) is 3.55. The second kappa shape index (κ2) is 6.33. The van der Waals surface area contributed by atoms with E-state index in [2.05, 4.69) is 15.0 Å². The summed E-state index contributed by atoms with van der Waals surface area (Å²) in [7, 11) is -1.99. The van der Waals surface area contributed by atoms with E-state index in [9.17, 15) is 8.42 Å². The minimum absolute atomic E-state index is 0. The van der Waals surface area contributed by atoms with Gasteiger partial charge in [0.25, 0.3) is 0 Å². The van der Waals surface area contributed by atoms with E-state index in [-0.39, 0.29) is 23.3 Å². The van der Waals surface area contributed by atoms with Gasteiger partial charge in [-0.15, -0.1) is 12.4 Å². The van der Waals surface area contributed by atoms with E-state index in [1.165, 1.54) is 25.4 Å². The Labute approximate surface area is 113 Å². The first-order valence-corrected chi connectivity index (χ1v) is 6.83. The Hall–Kier alpha value is -0.890. The quantitative estimate of drug-likeness (QED) is 0.826. The number of aromatic nitrogens is 1. The van der Waals surface area contributed by atoms with E-state index in [0.717, 1.165) is 13.0 Å². The van der Waals surface area contributed by atoms with Crippen molar-refractivity contribution in [1.29, 1.82) is 0 Å². The van der Waals surface area contributed by atoms with E-state index in [1.807, 2.05) is 0 Å². The molecule has 1 saturated heterocycles. The fourth-order valence-corrected chi connectivity index (χ4v) is 2.90. The van der Waals surface area contributed by atoms with E-state index in [1.54, 1.807) is 0 Å². The maximum absolute atomic E-state index is 12.0. The molecule has 8 heteroatoms. The number of sulfonamides is 1. The molecule has 0 radical (unpaired) electrons. The normalized spacial score (nSPS) is 19.3. The Morgan fingerprint density at radius 2 is 2.28 bits per heavy atom. The highest BCUT2D eigenvalue weighted by Crippen LogP contribution is 2.13. The van der Waals surface area contributed by atoms with Crippen LogP contribution in [0.2, 0.25) is 0 Å². The average Bonchev–Trinajstić information content (AvgIpc) is 2.81. The second-order valence-corrected chi connectivity index (χ2v) is 5.56. The number of hydrogen-bond acceptors (Lipinski definition) is 5. The number of ether oxygens (including phenoxy) is 1. The molecule has 2 N–H and O–H groups in total. The van der Waals surface area contributed by atoms with Gasteiger partial charge in [0, 0.05) is 18.7 Å². The van der Waals surface area contributed by atoms with Gasteiger partial charge in [0.1, 0.15) is 4.90 Å². The summed E-state index contributed by atoms with van der Waals surface area (Å²) in [6.45, 7) is 1.51. The smallest absolute Gasteiger partial charge is 0.242 e. The summed E-state index contributed by atoms with van der Waals surface area (Å²) in [5.74, 6) is 0.395. The first kappa shape index (κ1) is 15.2. The van der Waals surface area contributed by atoms with E-state index < -0.39 is 10.0 Å². The molecule has 0 aromatic carbocycles. The van der Waals surface area contributed by atoms with Gasteiger partial charge in [0.15, 0.2) is 0 Å². The minimum atomic E-state index is -3.48. The highest BCUT2D eigenvalue weighted by molar-refractivity contribution is 7.89. The van der Waals surface area contributed by atoms with Crippen molar-refractivity contribution in [2.24, 2.45) is 0 Å². The summed E-state index contributed by atoms with van der Waals surface area (Å²) in [6, 6.07) is 2.97. The minimum Gasteiger partial charge on any atom is -0.481 e. The Morgan fingerprint density at radius 1 is 1.50 bits per heavy atom. The van der Waals surface area contributed by atoms with Crippen molar-refractivity contribution in [3.05, 3.63) is 18.3 Å². The predicted octanol–water partition coefficient (Wildman–Crippen LogP) is 0.152. The molecule has 0 amide bonds. The molecule has 18 heavy (non-hydrogen) atoms. The molecule has 1 fully saturated rings. The molecule has 1 aromatic rings. The second-order valence-electron chi connectivity index (χ2n) is 3.85. The molecule has 1 atom stereocenters. The standard InChI is InChI=1S/C10H15N3O3S.ClH/c1-16-10-3-2-9(7-12-10)17(14,15)13-8-4-5-11-6-8;/h2-3,7-8,11,13H,4-6H2,1H3;1H. The SMILES string of the molecule is COc1ccc(S(=O)(=O)NC2CCNC2)cn1.Cl. The van der Waals surface area contributed by atoms with Crippen LogP contribution < -0.4 is 14.8 Å². The van der Waals surface area contributed by atoms with Crippen LogP contribution in [0.4, 0.5) is 0 Å². The highest BCUT2D eigenvalue weighted by Gasteiger charge is 2.22. The maximum Gasteiger partial charge on any atom is 0.242 e. The van der Waals surface area contributed by atoms with Gasteiger partial charge in [-0.2, -0.15) is 0 Å². The zero-order valence-electron chi connectivity index (χ0n) is 9.92. The van der Waals surface area contributed by atoms with Crippen LogP contribution in [-0.4, -0.2) is 39.6 Å². The van der Waals surface area contributed by atoms with Gasteiger partial charge in [-0.25, -0.2) is 18.1 Å². The van der Waals surface area contributed by atoms with Gasteiger partial charge in [-0.3, -0.25) is 0 Å². The Morgan fingerprint density at radius 3 is 2.78 bits per heavy atom. The largest absolute Gasteiger partial charge is 0.481 e. The number of halogens is 1. The van der Waals surface area contributed by atoms with Crippen molar-refractivity contribution in [2.75, 3.05) is 20.2 Å². The molecule has 0 bridgehead atoms. The van der Waals surface area contributed by atoms with Gasteiger partial charge in [-0.1, -0.05) is 0 Å². The zero-order valence-corrected chi connectivity index (χ0v) is 11.6. The molecule has 102 valence electrons. The number of rotatable bonds is 4. The van der Waals surface area contributed by atoms with Crippen molar-refractivity contribution >= 4 is 22.4 Å². The third-order valence-electron chi connectivity index (χ3n) is 2.61. The van der Waals surface area contributed by atoms with E-state index in [0.29, 0.717) is 12.4 Å². The molecule has 1 aliphatic heterocycles. The van der Waals surface area contributed by atoms with Crippen LogP contribution in [-0.2, 0) is 10.0 Å². The Kier molecular flexibility index (Phi) is 5.33. The van der Waals surface area contributed by atoms with Crippen LogP contribution in [0.5, 0.6) is 5.88 Å². The molecule has 2 heterocycles. The molecule has 2 rings (SSSR count). The summed E-state index contributed by atoms with van der Waals surface area (Å²) in [5, 5.41) is 3.10. The van der Waals surface area contributed by atoms with Crippen LogP contribution in [0.1, 0.15) is 6.42 Å². The fraction of sp³-hybridized carbons (Fsp3) is 0.500. The van der Waals surface area contributed by atoms with Gasteiger partial charge < -0.3 is 10.1 Å². The number of nitrogens with one attached hydrogen (secondary N) is 2. The van der Waals surface area contributed by atoms with Crippen LogP contribution in [0.15, 0.2) is 23.2 Å². The first-order chi connectivity index (χ1) is 8.12. The molecule has 0 aliphatic carbocycles. The van der Waals surface area contributed by atoms with Gasteiger partial charge in [-0.05, 0) is 19.0 Å². The molecule has 1 aromatic heterocycles. The lowest BCUT2D eigenvalue weighted by Gasteiger charge is -2.11. The molecular weight excluding hydrogens is 278 g/mol. The molecule has 0 spiro atoms. The zero-order chi connectivity index (χ0) is 12.3. The lowest BCUT2D eigenvalue weighted by Crippen LogP contribution is -2.36. The average molecular weight is 294 g/mol. The van der Waals surface area contributed by atoms with Crippen LogP contribution in [0, 0.1) is 0 Å². The number of nitrogens with zero attached hydrogens (tertiary/aromatic N) is 1. The maximum atomic E-state index is 12.0. The third-order valence-corrected chi connectivity index (χ3v) is 4.12. The summed E-state index contributed by atoms with van der Waals surface area (Å²) in [4.78, 5) is 4.04. The topological polar surface area (TPSA) is 80.3 Å². The predicted molar refractivity (Wildman–Crippen MR) is 69.6 cm³/mol. The lowest BCUT2D eigenvalue weighted by molar-refractivity contribution is 0.397. The van der Waals surface area contributed by atoms with Gasteiger partial charge in [0.05, 0.1) is 13.3 Å². The van der Waals surface area contributed by atoms with Crippen molar-refractivity contribution in [1.82, 2.24) is 15.0 Å². The number of hydrogen-bond donors (Lipinski definition) is 2. The molecule has 1 aliphatic rings. The lowest BCUT2D eigenvalue weighted by atomic mass is 10.3. The number of pyridine rings is 1. The first-order valence-electron chi connectivity index (χ1n) is 5.35. The van der Waals surface area contributed by atoms with Crippen LogP contribution in [0.25, 0.3) is 0 Å². The van der Waals surface area contributed by atoms with Crippen LogP contribution >= 0.6 is 12.4 Å². The summed E-state index contributed by atoms with van der Waals surface area (Å²) < 4.78 is 31.5. The monoisotopic (exact) mass is 293 g/mol. The van der Waals surface area contributed by atoms with E-state index in [4.69, 9.17) is 4.74 Å². The van der Waals surface area contributed by atoms with Gasteiger partial charge in [0.2, 0.25) is 15.9 Å². The molecule has 0 saturated carbocycles. The van der Waals surface area contributed by atoms with Crippen molar-refractivity contribution in [3.8, 4) is 5.88 Å². The molecule has 6 nitrogen and oxygen atoms in total. The fourth-order valence-electron chi connectivity index (χ4n) is 1.69. The van der Waals surface area contributed by atoms with Crippen molar-refractivity contribution < 1.29 is 13.2 Å². The summed E-state index contributed by atoms with van der Waals surface area (Å²) in [5.41, 5.74) is 0. The van der Waals surface area contributed by atoms with Gasteiger partial charge >= 0.3 is 0 Å². The highest BCUT2D eigenvalue weighted by atomic mass is 35.5. The van der Waals surface area contributed by atoms with Crippen molar-refractivity contribution in [3.63, 3.8) is 0 Å². The van der Waals surface area contributed by atoms with Crippen LogP contribution in [0.3, 0.4) is 0 Å². The Balaban J connectivity index is 0.00000162. The summed E-state index contributed by atoms with van der Waals surface area (Å²) in [6.07, 6.45) is 2.10. The van der Waals surface area contributed by atoms with E-state index >= 15 is 0 Å². The molecule has 1 unspecified atom stereocenters.